The fourth-order valence-electron chi connectivity index (χ4n) is 7.07. The maximum atomic E-state index is 13.0. The van der Waals surface area contributed by atoms with Gasteiger partial charge < -0.3 is 15.2 Å². The van der Waals surface area contributed by atoms with Gasteiger partial charge in [0.1, 0.15) is 0 Å². The Morgan fingerprint density at radius 3 is 2.16 bits per heavy atom. The van der Waals surface area contributed by atoms with Crippen molar-refractivity contribution in [2.45, 2.75) is 88.0 Å². The third-order valence-electron chi connectivity index (χ3n) is 8.79. The summed E-state index contributed by atoms with van der Waals surface area (Å²) >= 11 is 0. The van der Waals surface area contributed by atoms with Gasteiger partial charge in [0, 0.05) is 12.3 Å². The summed E-state index contributed by atoms with van der Waals surface area (Å²) < 4.78 is 126. The van der Waals surface area contributed by atoms with Crippen molar-refractivity contribution in [1.82, 2.24) is 0 Å². The van der Waals surface area contributed by atoms with Crippen LogP contribution in [0, 0.1) is 17.3 Å². The Kier molecular flexibility index (Phi) is 7.27. The second-order valence-corrected chi connectivity index (χ2v) is 10.7. The van der Waals surface area contributed by atoms with Gasteiger partial charge in [-0.1, -0.05) is 13.0 Å². The quantitative estimate of drug-likeness (QED) is 0.230. The highest BCUT2D eigenvalue weighted by molar-refractivity contribution is 5.47. The van der Waals surface area contributed by atoms with Crippen molar-refractivity contribution in [3.63, 3.8) is 0 Å². The van der Waals surface area contributed by atoms with Gasteiger partial charge in [0.15, 0.2) is 0 Å². The maximum Gasteiger partial charge on any atom is 0.435 e. The Morgan fingerprint density at radius 1 is 0.892 bits per heavy atom. The third kappa shape index (κ3) is 4.70. The summed E-state index contributed by atoms with van der Waals surface area (Å²) in [7, 11) is 0. The molecule has 0 bridgehead atoms. The van der Waals surface area contributed by atoms with E-state index in [0.717, 1.165) is 37.8 Å². The van der Waals surface area contributed by atoms with Crippen molar-refractivity contribution in [1.29, 1.82) is 0 Å². The van der Waals surface area contributed by atoms with Crippen LogP contribution in [-0.2, 0) is 15.9 Å². The van der Waals surface area contributed by atoms with Crippen LogP contribution in [0.25, 0.3) is 0 Å². The van der Waals surface area contributed by atoms with Gasteiger partial charge in [-0.15, -0.1) is 0 Å². The van der Waals surface area contributed by atoms with Crippen LogP contribution in [0.4, 0.5) is 45.2 Å². The topological polar surface area (TPSA) is 44.5 Å². The van der Waals surface area contributed by atoms with Crippen LogP contribution in [0.3, 0.4) is 0 Å². The summed E-state index contributed by atoms with van der Waals surface area (Å²) in [4.78, 5) is 0. The number of anilines is 1. The van der Waals surface area contributed by atoms with Gasteiger partial charge in [-0.2, -0.15) is 39.5 Å². The summed E-state index contributed by atoms with van der Waals surface area (Å²) in [6, 6.07) is 6.02. The number of hydrogen-bond acceptors (Lipinski definition) is 3. The number of nitrogen functional groups attached to an aromatic ring is 1. The molecule has 0 spiro atoms. The normalized spacial score (nSPS) is 30.5. The lowest BCUT2D eigenvalue weighted by molar-refractivity contribution is -0.457. The van der Waals surface area contributed by atoms with Crippen molar-refractivity contribution in [2.75, 3.05) is 18.9 Å². The highest BCUT2D eigenvalue weighted by Gasteiger charge is 2.85. The first kappa shape index (κ1) is 28.3. The average molecular weight is 548 g/mol. The summed E-state index contributed by atoms with van der Waals surface area (Å²) in [5, 5.41) is 0. The molecule has 3 aliphatic carbocycles. The molecule has 5 atom stereocenters. The number of fused-ring (bicyclic) bond motifs is 5. The molecule has 0 radical (unpaired) electrons. The molecule has 1 aromatic rings. The molecule has 2 N–H and O–H groups in total. The number of halogens is 9. The summed E-state index contributed by atoms with van der Waals surface area (Å²) in [6.07, 6.45) is -15.8. The molecule has 2 fully saturated rings. The first-order valence-electron chi connectivity index (χ1n) is 12.4. The average Bonchev–Trinajstić information content (AvgIpc) is 3.09. The molecule has 4 rings (SSSR count). The molecule has 3 nitrogen and oxygen atoms in total. The molecule has 210 valence electrons. The highest BCUT2D eigenvalue weighted by atomic mass is 19.4. The van der Waals surface area contributed by atoms with Crippen LogP contribution in [-0.4, -0.2) is 43.4 Å². The van der Waals surface area contributed by atoms with Gasteiger partial charge in [0.25, 0.3) is 0 Å². The zero-order chi connectivity index (χ0) is 27.4. The van der Waals surface area contributed by atoms with E-state index in [0.29, 0.717) is 24.2 Å². The Hall–Kier alpha value is -1.69. The van der Waals surface area contributed by atoms with Gasteiger partial charge in [0.05, 0.1) is 12.7 Å². The van der Waals surface area contributed by atoms with E-state index in [-0.39, 0.29) is 18.1 Å². The number of ether oxygens (including phenoxy) is 2. The molecule has 0 heterocycles. The number of benzene rings is 1. The van der Waals surface area contributed by atoms with Crippen LogP contribution in [0.2, 0.25) is 0 Å². The second-order valence-electron chi connectivity index (χ2n) is 10.7. The standard InChI is InChI=1S/C25H30F9NO2/c1-21-10-9-17-16-6-4-15(35)13-14(16)3-5-18(17)19(21)7-8-20(21)36-11-2-12-37-22(23(26,27)28,24(29,30)31)25(32,33)34/h4,6,13,17-20H,2-3,5,7-12,35H2,1H3. The number of hydrogen-bond donors (Lipinski definition) is 1. The monoisotopic (exact) mass is 547 g/mol. The number of rotatable bonds is 6. The molecule has 0 amide bonds. The van der Waals surface area contributed by atoms with Crippen LogP contribution in [0.1, 0.15) is 62.5 Å². The van der Waals surface area contributed by atoms with Crippen LogP contribution in [0.15, 0.2) is 18.2 Å². The van der Waals surface area contributed by atoms with Gasteiger partial charge in [-0.3, -0.25) is 0 Å². The van der Waals surface area contributed by atoms with Crippen molar-refractivity contribution in [2.24, 2.45) is 17.3 Å². The first-order chi connectivity index (χ1) is 17.0. The zero-order valence-corrected chi connectivity index (χ0v) is 20.2. The Balaban J connectivity index is 1.37. The summed E-state index contributed by atoms with van der Waals surface area (Å²) in [6.45, 7) is 0.394. The minimum absolute atomic E-state index is 0.221. The molecule has 0 aromatic heterocycles. The molecule has 5 unspecified atom stereocenters. The molecule has 3 aliphatic rings. The van der Waals surface area contributed by atoms with E-state index in [9.17, 15) is 39.5 Å². The zero-order valence-electron chi connectivity index (χ0n) is 20.2. The smallest absolute Gasteiger partial charge is 0.399 e. The number of alkyl halides is 9. The summed E-state index contributed by atoms with van der Waals surface area (Å²) in [5.41, 5.74) is 2.79. The second kappa shape index (κ2) is 9.50. The maximum absolute atomic E-state index is 13.0. The first-order valence-corrected chi connectivity index (χ1v) is 12.4. The van der Waals surface area contributed by atoms with E-state index < -0.39 is 37.2 Å². The molecule has 2 saturated carbocycles. The molecule has 37 heavy (non-hydrogen) atoms. The predicted molar refractivity (Wildman–Crippen MR) is 117 cm³/mol. The molecule has 0 aliphatic heterocycles. The number of aryl methyl sites for hydroxylation is 1. The van der Waals surface area contributed by atoms with E-state index in [2.05, 4.69) is 17.7 Å². The lowest BCUT2D eigenvalue weighted by Gasteiger charge is -2.50. The largest absolute Gasteiger partial charge is 0.435 e. The van der Waals surface area contributed by atoms with Gasteiger partial charge in [0.2, 0.25) is 0 Å². The van der Waals surface area contributed by atoms with Gasteiger partial charge in [-0.25, -0.2) is 0 Å². The lowest BCUT2D eigenvalue weighted by atomic mass is 9.55. The Labute approximate surface area is 208 Å². The Bertz CT molecular complexity index is 938. The summed E-state index contributed by atoms with van der Waals surface area (Å²) in [5.74, 6) is 1.17. The highest BCUT2D eigenvalue weighted by Crippen LogP contribution is 2.61. The lowest BCUT2D eigenvalue weighted by Crippen LogP contribution is -2.67. The molecular weight excluding hydrogens is 517 g/mol. The molecular formula is C25H30F9NO2. The predicted octanol–water partition coefficient (Wildman–Crippen LogP) is 7.34. The van der Waals surface area contributed by atoms with Crippen LogP contribution in [0.5, 0.6) is 0 Å². The van der Waals surface area contributed by atoms with E-state index in [4.69, 9.17) is 10.5 Å². The molecule has 0 saturated heterocycles. The van der Waals surface area contributed by atoms with E-state index >= 15 is 0 Å². The van der Waals surface area contributed by atoms with Crippen molar-refractivity contribution in [3.8, 4) is 0 Å². The minimum Gasteiger partial charge on any atom is -0.399 e. The van der Waals surface area contributed by atoms with Crippen molar-refractivity contribution < 1.29 is 49.0 Å². The SMILES string of the molecule is CC12CCC3c4ccc(N)cc4CCC3C1CCC2OCCCOC(C(F)(F)F)(C(F)(F)F)C(F)(F)F. The van der Waals surface area contributed by atoms with Gasteiger partial charge >= 0.3 is 24.1 Å². The van der Waals surface area contributed by atoms with E-state index in [1.165, 1.54) is 11.1 Å². The number of nitrogens with two attached hydrogens (primary N) is 1. The fraction of sp³-hybridized carbons (Fsp3) is 0.760. The fourth-order valence-corrected chi connectivity index (χ4v) is 7.07. The minimum atomic E-state index is -6.72. The van der Waals surface area contributed by atoms with Crippen molar-refractivity contribution >= 4 is 5.69 Å². The van der Waals surface area contributed by atoms with E-state index in [1.807, 2.05) is 12.1 Å². The van der Waals surface area contributed by atoms with Gasteiger partial charge in [-0.05, 0) is 91.4 Å². The molecule has 12 heteroatoms. The van der Waals surface area contributed by atoms with Crippen molar-refractivity contribution in [3.05, 3.63) is 29.3 Å². The van der Waals surface area contributed by atoms with E-state index in [1.54, 1.807) is 0 Å². The molecule has 1 aromatic carbocycles. The van der Waals surface area contributed by atoms with Crippen LogP contribution >= 0.6 is 0 Å². The third-order valence-corrected chi connectivity index (χ3v) is 8.79. The Morgan fingerprint density at radius 2 is 1.54 bits per heavy atom. The van der Waals surface area contributed by atoms with Crippen LogP contribution < -0.4 is 5.73 Å².